The summed E-state index contributed by atoms with van der Waals surface area (Å²) in [5.41, 5.74) is 0. The molecule has 1 heterocycles. The van der Waals surface area contributed by atoms with E-state index in [0.717, 1.165) is 0 Å². The third-order valence-corrected chi connectivity index (χ3v) is 1.47. The highest BCUT2D eigenvalue weighted by molar-refractivity contribution is 6.43. The van der Waals surface area contributed by atoms with Gasteiger partial charge in [0.15, 0.2) is 0 Å². The molecule has 0 aliphatic carbocycles. The van der Waals surface area contributed by atoms with Crippen LogP contribution in [0.3, 0.4) is 0 Å². The standard InChI is InChI=1S/C5H11BO2/c1-4-5(2)8-6(3)7-4/h4-5H,1-3H3/t4-,5+. The average Bonchev–Trinajstić information content (AvgIpc) is 1.85. The van der Waals surface area contributed by atoms with E-state index in [2.05, 4.69) is 0 Å². The second-order valence-corrected chi connectivity index (χ2v) is 2.25. The van der Waals surface area contributed by atoms with E-state index in [9.17, 15) is 0 Å². The van der Waals surface area contributed by atoms with Gasteiger partial charge < -0.3 is 9.31 Å². The van der Waals surface area contributed by atoms with Crippen LogP contribution in [-0.2, 0) is 9.31 Å². The van der Waals surface area contributed by atoms with Gasteiger partial charge in [0.1, 0.15) is 0 Å². The Morgan fingerprint density at radius 1 is 1.12 bits per heavy atom. The molecule has 1 aliphatic heterocycles. The average molecular weight is 114 g/mol. The Morgan fingerprint density at radius 2 is 1.50 bits per heavy atom. The molecule has 0 bridgehead atoms. The Balaban J connectivity index is 2.39. The largest absolute Gasteiger partial charge is 0.454 e. The van der Waals surface area contributed by atoms with Crippen molar-refractivity contribution >= 4 is 7.12 Å². The summed E-state index contributed by atoms with van der Waals surface area (Å²) >= 11 is 0. The summed E-state index contributed by atoms with van der Waals surface area (Å²) in [5.74, 6) is 0. The monoisotopic (exact) mass is 114 g/mol. The van der Waals surface area contributed by atoms with E-state index < -0.39 is 0 Å². The first kappa shape index (κ1) is 6.11. The number of hydrogen-bond donors (Lipinski definition) is 0. The minimum absolute atomic E-state index is 0.000000000000000222. The van der Waals surface area contributed by atoms with Crippen molar-refractivity contribution in [2.45, 2.75) is 32.9 Å². The van der Waals surface area contributed by atoms with E-state index in [0.29, 0.717) is 0 Å². The van der Waals surface area contributed by atoms with Gasteiger partial charge in [0.05, 0.1) is 12.2 Å². The summed E-state index contributed by atoms with van der Waals surface area (Å²) in [5, 5.41) is 0. The van der Waals surface area contributed by atoms with Crippen LogP contribution in [0.5, 0.6) is 0 Å². The molecule has 0 aromatic carbocycles. The highest BCUT2D eigenvalue weighted by atomic mass is 16.6. The van der Waals surface area contributed by atoms with E-state index >= 15 is 0 Å². The maximum Gasteiger partial charge on any atom is 0.454 e. The lowest BCUT2D eigenvalue weighted by Gasteiger charge is -2.04. The first-order valence-electron chi connectivity index (χ1n) is 3.01. The van der Waals surface area contributed by atoms with Gasteiger partial charge in [0, 0.05) is 0 Å². The fourth-order valence-electron chi connectivity index (χ4n) is 0.858. The third-order valence-electron chi connectivity index (χ3n) is 1.47. The first-order chi connectivity index (χ1) is 3.70. The minimum Gasteiger partial charge on any atom is -0.406 e. The Morgan fingerprint density at radius 3 is 1.62 bits per heavy atom. The van der Waals surface area contributed by atoms with Crippen molar-refractivity contribution in [2.24, 2.45) is 0 Å². The fourth-order valence-corrected chi connectivity index (χ4v) is 0.858. The van der Waals surface area contributed by atoms with Gasteiger partial charge in [-0.3, -0.25) is 0 Å². The van der Waals surface area contributed by atoms with Crippen molar-refractivity contribution in [3.05, 3.63) is 0 Å². The van der Waals surface area contributed by atoms with Crippen LogP contribution in [-0.4, -0.2) is 19.3 Å². The Kier molecular flexibility index (Phi) is 1.58. The van der Waals surface area contributed by atoms with Gasteiger partial charge in [-0.15, -0.1) is 0 Å². The van der Waals surface area contributed by atoms with Crippen molar-refractivity contribution in [1.82, 2.24) is 0 Å². The van der Waals surface area contributed by atoms with Crippen LogP contribution in [0, 0.1) is 0 Å². The quantitative estimate of drug-likeness (QED) is 0.436. The molecule has 1 rings (SSSR count). The molecule has 0 unspecified atom stereocenters. The highest BCUT2D eigenvalue weighted by Gasteiger charge is 2.29. The second-order valence-electron chi connectivity index (χ2n) is 2.25. The molecule has 1 fully saturated rings. The van der Waals surface area contributed by atoms with Crippen molar-refractivity contribution in [2.75, 3.05) is 0 Å². The summed E-state index contributed by atoms with van der Waals surface area (Å²) in [4.78, 5) is 0. The highest BCUT2D eigenvalue weighted by Crippen LogP contribution is 2.14. The smallest absolute Gasteiger partial charge is 0.406 e. The van der Waals surface area contributed by atoms with Crippen LogP contribution in [0.1, 0.15) is 13.8 Å². The minimum atomic E-state index is -0.000000000000000222. The van der Waals surface area contributed by atoms with E-state index in [-0.39, 0.29) is 19.3 Å². The SMILES string of the molecule is CB1O[C@@H](C)[C@@H](C)O1. The molecular weight excluding hydrogens is 103 g/mol. The Bertz CT molecular complexity index is 76.5. The lowest BCUT2D eigenvalue weighted by molar-refractivity contribution is 0.187. The molecule has 2 atom stereocenters. The van der Waals surface area contributed by atoms with Gasteiger partial charge in [-0.2, -0.15) is 0 Å². The van der Waals surface area contributed by atoms with Gasteiger partial charge in [-0.05, 0) is 20.7 Å². The zero-order valence-electron chi connectivity index (χ0n) is 5.55. The predicted octanol–water partition coefficient (Wildman–Crippen LogP) is 0.928. The maximum atomic E-state index is 5.25. The van der Waals surface area contributed by atoms with Crippen molar-refractivity contribution in [1.29, 1.82) is 0 Å². The van der Waals surface area contributed by atoms with Crippen LogP contribution >= 0.6 is 0 Å². The molecule has 1 aliphatic rings. The normalized spacial score (nSPS) is 38.6. The van der Waals surface area contributed by atoms with E-state index in [1.807, 2.05) is 20.7 Å². The van der Waals surface area contributed by atoms with Crippen LogP contribution < -0.4 is 0 Å². The molecule has 0 saturated carbocycles. The maximum absolute atomic E-state index is 5.25. The molecule has 2 nitrogen and oxygen atoms in total. The van der Waals surface area contributed by atoms with Gasteiger partial charge in [0.2, 0.25) is 0 Å². The van der Waals surface area contributed by atoms with Crippen LogP contribution in [0.4, 0.5) is 0 Å². The molecule has 0 radical (unpaired) electrons. The number of hydrogen-bond acceptors (Lipinski definition) is 2. The zero-order valence-corrected chi connectivity index (χ0v) is 5.55. The van der Waals surface area contributed by atoms with Crippen LogP contribution in [0.15, 0.2) is 0 Å². The van der Waals surface area contributed by atoms with Crippen LogP contribution in [0.25, 0.3) is 0 Å². The zero-order chi connectivity index (χ0) is 6.15. The van der Waals surface area contributed by atoms with Crippen LogP contribution in [0.2, 0.25) is 6.82 Å². The van der Waals surface area contributed by atoms with E-state index in [1.54, 1.807) is 0 Å². The molecule has 0 N–H and O–H groups in total. The molecule has 46 valence electrons. The molecule has 8 heavy (non-hydrogen) atoms. The second kappa shape index (κ2) is 2.07. The fraction of sp³-hybridized carbons (Fsp3) is 1.00. The van der Waals surface area contributed by atoms with Gasteiger partial charge in [-0.25, -0.2) is 0 Å². The molecule has 3 heteroatoms. The Labute approximate surface area is 50.3 Å². The molecule has 0 spiro atoms. The van der Waals surface area contributed by atoms with Crippen molar-refractivity contribution in [3.8, 4) is 0 Å². The summed E-state index contributed by atoms with van der Waals surface area (Å²) in [6, 6.07) is 0. The molecule has 1 saturated heterocycles. The first-order valence-corrected chi connectivity index (χ1v) is 3.01. The van der Waals surface area contributed by atoms with Crippen molar-refractivity contribution < 1.29 is 9.31 Å². The van der Waals surface area contributed by atoms with E-state index in [4.69, 9.17) is 9.31 Å². The lowest BCUT2D eigenvalue weighted by atomic mass is 9.97. The Hall–Kier alpha value is -0.0151. The molecule has 0 aromatic rings. The summed E-state index contributed by atoms with van der Waals surface area (Å²) < 4.78 is 10.5. The van der Waals surface area contributed by atoms with Gasteiger partial charge in [0.25, 0.3) is 0 Å². The third kappa shape index (κ3) is 1.04. The predicted molar refractivity (Wildman–Crippen MR) is 32.7 cm³/mol. The lowest BCUT2D eigenvalue weighted by Crippen LogP contribution is -2.13. The number of rotatable bonds is 0. The summed E-state index contributed by atoms with van der Waals surface area (Å²) in [6.45, 7) is 5.96. The van der Waals surface area contributed by atoms with Gasteiger partial charge in [-0.1, -0.05) is 0 Å². The molecular formula is C5H11BO2. The van der Waals surface area contributed by atoms with E-state index in [1.165, 1.54) is 0 Å². The summed E-state index contributed by atoms with van der Waals surface area (Å²) in [6.07, 6.45) is 0.537. The molecule has 0 aromatic heterocycles. The van der Waals surface area contributed by atoms with Crippen molar-refractivity contribution in [3.63, 3.8) is 0 Å². The van der Waals surface area contributed by atoms with Gasteiger partial charge >= 0.3 is 7.12 Å². The summed E-state index contributed by atoms with van der Waals surface area (Å²) in [7, 11) is -0.000000000000000222. The topological polar surface area (TPSA) is 18.5 Å². The molecule has 0 amide bonds.